The molecule has 0 aliphatic rings. The normalized spacial score (nSPS) is 12.8. The zero-order valence-corrected chi connectivity index (χ0v) is 16.0. The summed E-state index contributed by atoms with van der Waals surface area (Å²) < 4.78 is 0. The van der Waals surface area contributed by atoms with Crippen molar-refractivity contribution in [2.45, 2.75) is 78.2 Å². The summed E-state index contributed by atoms with van der Waals surface area (Å²) in [7, 11) is 3.83. The SMILES string of the molecule is CC(=CC(C)N(C)C)C(=O)O.CCCCCCCCCCCl. The minimum atomic E-state index is -0.848. The number of hydrogen-bond acceptors (Lipinski definition) is 2. The minimum Gasteiger partial charge on any atom is -0.478 e. The largest absolute Gasteiger partial charge is 0.478 e. The van der Waals surface area contributed by atoms with Gasteiger partial charge in [-0.15, -0.1) is 11.6 Å². The van der Waals surface area contributed by atoms with Crippen LogP contribution in [0.15, 0.2) is 11.6 Å². The highest BCUT2D eigenvalue weighted by molar-refractivity contribution is 6.17. The van der Waals surface area contributed by atoms with Gasteiger partial charge in [0.05, 0.1) is 0 Å². The molecule has 1 unspecified atom stereocenters. The molecule has 0 radical (unpaired) electrons. The van der Waals surface area contributed by atoms with Crippen LogP contribution in [0.3, 0.4) is 0 Å². The van der Waals surface area contributed by atoms with Crippen LogP contribution in [0.25, 0.3) is 0 Å². The number of carbonyl (C=O) groups is 1. The van der Waals surface area contributed by atoms with Crippen molar-refractivity contribution >= 4 is 17.6 Å². The Kier molecular flexibility index (Phi) is 18.1. The lowest BCUT2D eigenvalue weighted by molar-refractivity contribution is -0.132. The third-order valence-corrected chi connectivity index (χ3v) is 3.90. The fourth-order valence-electron chi connectivity index (χ4n) is 1.81. The second-order valence-corrected chi connectivity index (χ2v) is 6.40. The molecule has 0 spiro atoms. The zero-order chi connectivity index (χ0) is 17.4. The van der Waals surface area contributed by atoms with E-state index in [0.29, 0.717) is 5.57 Å². The van der Waals surface area contributed by atoms with E-state index in [1.165, 1.54) is 51.4 Å². The van der Waals surface area contributed by atoms with Gasteiger partial charge in [-0.2, -0.15) is 0 Å². The van der Waals surface area contributed by atoms with E-state index in [-0.39, 0.29) is 6.04 Å². The van der Waals surface area contributed by atoms with E-state index in [9.17, 15) is 4.79 Å². The molecule has 0 aromatic heterocycles. The van der Waals surface area contributed by atoms with Crippen molar-refractivity contribution in [3.8, 4) is 0 Å². The Labute approximate surface area is 142 Å². The van der Waals surface area contributed by atoms with E-state index < -0.39 is 5.97 Å². The molecule has 22 heavy (non-hydrogen) atoms. The van der Waals surface area contributed by atoms with Crippen LogP contribution < -0.4 is 0 Å². The predicted molar refractivity (Wildman–Crippen MR) is 97.9 cm³/mol. The molecule has 0 saturated heterocycles. The fraction of sp³-hybridized carbons (Fsp3) is 0.833. The number of carboxylic acid groups (broad SMARTS) is 1. The van der Waals surface area contributed by atoms with Crippen LogP contribution in [0.1, 0.15) is 72.1 Å². The van der Waals surface area contributed by atoms with Crippen LogP contribution in [-0.4, -0.2) is 42.0 Å². The molecule has 0 bridgehead atoms. The summed E-state index contributed by atoms with van der Waals surface area (Å²) in [6.07, 6.45) is 12.7. The number of hydrogen-bond donors (Lipinski definition) is 1. The number of unbranched alkanes of at least 4 members (excludes halogenated alkanes) is 7. The van der Waals surface area contributed by atoms with Gasteiger partial charge in [0.15, 0.2) is 0 Å². The quantitative estimate of drug-likeness (QED) is 0.315. The first kappa shape index (κ1) is 23.7. The molecule has 0 rings (SSSR count). The van der Waals surface area contributed by atoms with Crippen molar-refractivity contribution in [1.29, 1.82) is 0 Å². The Bertz CT molecular complexity index is 283. The Balaban J connectivity index is 0. The number of carboxylic acids is 1. The van der Waals surface area contributed by atoms with Crippen molar-refractivity contribution in [2.24, 2.45) is 0 Å². The first-order chi connectivity index (χ1) is 10.4. The second kappa shape index (κ2) is 16.8. The molecular weight excluding hydrogens is 298 g/mol. The average Bonchev–Trinajstić information content (AvgIpc) is 2.46. The van der Waals surface area contributed by atoms with Crippen LogP contribution in [0.2, 0.25) is 0 Å². The number of likely N-dealkylation sites (N-methyl/N-ethyl adjacent to an activating group) is 1. The summed E-state index contributed by atoms with van der Waals surface area (Å²) in [6, 6.07) is 0.172. The van der Waals surface area contributed by atoms with Gasteiger partial charge < -0.3 is 10.0 Å². The van der Waals surface area contributed by atoms with E-state index in [4.69, 9.17) is 16.7 Å². The number of rotatable bonds is 11. The zero-order valence-electron chi connectivity index (χ0n) is 15.2. The van der Waals surface area contributed by atoms with Gasteiger partial charge in [0.25, 0.3) is 0 Å². The predicted octanol–water partition coefficient (Wildman–Crippen LogP) is 5.33. The number of alkyl halides is 1. The lowest BCUT2D eigenvalue weighted by atomic mass is 10.1. The third-order valence-electron chi connectivity index (χ3n) is 3.63. The van der Waals surface area contributed by atoms with E-state index in [1.54, 1.807) is 13.0 Å². The van der Waals surface area contributed by atoms with Gasteiger partial charge in [0, 0.05) is 17.5 Å². The van der Waals surface area contributed by atoms with Gasteiger partial charge in [-0.1, -0.05) is 57.9 Å². The van der Waals surface area contributed by atoms with Crippen molar-refractivity contribution in [2.75, 3.05) is 20.0 Å². The molecule has 1 N–H and O–H groups in total. The standard InChI is InChI=1S/C10H21Cl.C8H15NO2/c1-2-3-4-5-6-7-8-9-10-11;1-6(8(10)11)5-7(2)9(3)4/h2-10H2,1H3;5,7H,1-4H3,(H,10,11). The maximum absolute atomic E-state index is 10.4. The van der Waals surface area contributed by atoms with Crippen molar-refractivity contribution in [1.82, 2.24) is 4.90 Å². The molecule has 4 heteroatoms. The number of halogens is 1. The van der Waals surface area contributed by atoms with E-state index in [0.717, 1.165) is 5.88 Å². The van der Waals surface area contributed by atoms with Crippen molar-refractivity contribution in [3.05, 3.63) is 11.6 Å². The Morgan fingerprint density at radius 3 is 1.91 bits per heavy atom. The van der Waals surface area contributed by atoms with Gasteiger partial charge in [-0.3, -0.25) is 0 Å². The smallest absolute Gasteiger partial charge is 0.331 e. The lowest BCUT2D eigenvalue weighted by Gasteiger charge is -2.15. The van der Waals surface area contributed by atoms with Crippen LogP contribution in [0.4, 0.5) is 0 Å². The topological polar surface area (TPSA) is 40.5 Å². The molecular formula is C18H36ClNO2. The van der Waals surface area contributed by atoms with E-state index in [1.807, 2.05) is 25.9 Å². The summed E-state index contributed by atoms with van der Waals surface area (Å²) in [6.45, 7) is 5.81. The first-order valence-corrected chi connectivity index (χ1v) is 9.04. The Morgan fingerprint density at radius 1 is 1.09 bits per heavy atom. The molecule has 0 heterocycles. The molecule has 0 aliphatic carbocycles. The molecule has 0 aromatic carbocycles. The highest BCUT2D eigenvalue weighted by atomic mass is 35.5. The maximum Gasteiger partial charge on any atom is 0.331 e. The molecule has 0 aliphatic heterocycles. The summed E-state index contributed by atoms with van der Waals surface area (Å²) in [4.78, 5) is 12.3. The first-order valence-electron chi connectivity index (χ1n) is 8.50. The van der Waals surface area contributed by atoms with Crippen molar-refractivity contribution in [3.63, 3.8) is 0 Å². The Morgan fingerprint density at radius 2 is 1.55 bits per heavy atom. The van der Waals surface area contributed by atoms with Crippen LogP contribution in [0.5, 0.6) is 0 Å². The third kappa shape index (κ3) is 17.5. The van der Waals surface area contributed by atoms with E-state index >= 15 is 0 Å². The summed E-state index contributed by atoms with van der Waals surface area (Å²) in [5.74, 6) is -0.00620. The molecule has 1 atom stereocenters. The maximum atomic E-state index is 10.4. The second-order valence-electron chi connectivity index (χ2n) is 6.02. The summed E-state index contributed by atoms with van der Waals surface area (Å²) in [5, 5.41) is 8.53. The number of aliphatic carboxylic acids is 1. The highest BCUT2D eigenvalue weighted by Crippen LogP contribution is 2.08. The van der Waals surface area contributed by atoms with Crippen molar-refractivity contribution < 1.29 is 9.90 Å². The summed E-state index contributed by atoms with van der Waals surface area (Å²) >= 11 is 5.56. The minimum absolute atomic E-state index is 0.172. The van der Waals surface area contributed by atoms with Gasteiger partial charge in [-0.25, -0.2) is 4.79 Å². The number of nitrogens with zero attached hydrogens (tertiary/aromatic N) is 1. The molecule has 0 fully saturated rings. The molecule has 0 amide bonds. The molecule has 132 valence electrons. The summed E-state index contributed by atoms with van der Waals surface area (Å²) in [5.41, 5.74) is 0.395. The molecule has 3 nitrogen and oxygen atoms in total. The van der Waals surface area contributed by atoms with Gasteiger partial charge in [-0.05, 0) is 34.4 Å². The monoisotopic (exact) mass is 333 g/mol. The van der Waals surface area contributed by atoms with Gasteiger partial charge in [0.1, 0.15) is 0 Å². The van der Waals surface area contributed by atoms with E-state index in [2.05, 4.69) is 6.92 Å². The van der Waals surface area contributed by atoms with Crippen LogP contribution >= 0.6 is 11.6 Å². The van der Waals surface area contributed by atoms with Gasteiger partial charge >= 0.3 is 5.97 Å². The van der Waals surface area contributed by atoms with Gasteiger partial charge in [0.2, 0.25) is 0 Å². The average molecular weight is 334 g/mol. The van der Waals surface area contributed by atoms with Crippen LogP contribution in [-0.2, 0) is 4.79 Å². The highest BCUT2D eigenvalue weighted by Gasteiger charge is 2.04. The molecule has 0 aromatic rings. The lowest BCUT2D eigenvalue weighted by Crippen LogP contribution is -2.23. The Hall–Kier alpha value is -0.540. The fourth-order valence-corrected chi connectivity index (χ4v) is 2.00. The molecule has 0 saturated carbocycles. The van der Waals surface area contributed by atoms with Crippen LogP contribution in [0, 0.1) is 0 Å².